The minimum atomic E-state index is -0.127. The number of halogens is 1. The summed E-state index contributed by atoms with van der Waals surface area (Å²) in [5.41, 5.74) is 4.23. The van der Waals surface area contributed by atoms with Gasteiger partial charge in [0, 0.05) is 24.5 Å². The molecule has 2 aromatic carbocycles. The van der Waals surface area contributed by atoms with Crippen molar-refractivity contribution in [1.82, 2.24) is 4.90 Å². The zero-order valence-electron chi connectivity index (χ0n) is 18.6. The summed E-state index contributed by atoms with van der Waals surface area (Å²) in [4.78, 5) is 27.2. The Hall–Kier alpha value is -2.53. The van der Waals surface area contributed by atoms with Crippen LogP contribution in [0.5, 0.6) is 0 Å². The monoisotopic (exact) mass is 441 g/mol. The molecule has 2 aromatic rings. The second kappa shape index (κ2) is 10.7. The molecule has 0 radical (unpaired) electrons. The lowest BCUT2D eigenvalue weighted by molar-refractivity contribution is -0.114. The van der Waals surface area contributed by atoms with Crippen LogP contribution < -0.4 is 10.6 Å². The van der Waals surface area contributed by atoms with E-state index in [0.29, 0.717) is 16.3 Å². The molecule has 0 unspecified atom stereocenters. The second-order valence-electron chi connectivity index (χ2n) is 8.27. The van der Waals surface area contributed by atoms with Gasteiger partial charge < -0.3 is 15.5 Å². The third-order valence-corrected chi connectivity index (χ3v) is 6.41. The van der Waals surface area contributed by atoms with Crippen LogP contribution >= 0.6 is 11.6 Å². The first-order chi connectivity index (χ1) is 14.9. The van der Waals surface area contributed by atoms with Crippen LogP contribution in [0.1, 0.15) is 60.5 Å². The quantitative estimate of drug-likeness (QED) is 0.582. The van der Waals surface area contributed by atoms with Gasteiger partial charge in [-0.1, -0.05) is 56.0 Å². The highest BCUT2D eigenvalue weighted by atomic mass is 35.5. The molecule has 166 valence electrons. The molecule has 2 amide bonds. The van der Waals surface area contributed by atoms with Crippen molar-refractivity contribution in [3.05, 3.63) is 58.1 Å². The first-order valence-electron chi connectivity index (χ1n) is 11.1. The average molecular weight is 442 g/mol. The Bertz CT molecular complexity index is 938. The van der Waals surface area contributed by atoms with Crippen molar-refractivity contribution in [1.29, 1.82) is 0 Å². The predicted octanol–water partition coefficient (Wildman–Crippen LogP) is 5.67. The standard InChI is InChI=1S/C25H32ClN3O2/c1-4-18-10-8-9-17(2)24(18)28-23(30)16-27-19-13-14-21(22(26)15-19)25(31)29(3)20-11-6-5-7-12-20/h8-10,13-15,20,27H,4-7,11-12,16H2,1-3H3,(H,28,30). The Kier molecular flexibility index (Phi) is 7.97. The average Bonchev–Trinajstić information content (AvgIpc) is 2.78. The number of benzene rings is 2. The van der Waals surface area contributed by atoms with E-state index in [-0.39, 0.29) is 24.4 Å². The highest BCUT2D eigenvalue weighted by Crippen LogP contribution is 2.27. The summed E-state index contributed by atoms with van der Waals surface area (Å²) in [5.74, 6) is -0.176. The van der Waals surface area contributed by atoms with E-state index in [1.807, 2.05) is 37.1 Å². The van der Waals surface area contributed by atoms with Crippen LogP contribution in [0.4, 0.5) is 11.4 Å². The Morgan fingerprint density at radius 1 is 1.13 bits per heavy atom. The summed E-state index contributed by atoms with van der Waals surface area (Å²) < 4.78 is 0. The van der Waals surface area contributed by atoms with Crippen molar-refractivity contribution in [2.75, 3.05) is 24.2 Å². The molecule has 0 saturated heterocycles. The lowest BCUT2D eigenvalue weighted by Gasteiger charge is -2.31. The fourth-order valence-corrected chi connectivity index (χ4v) is 4.45. The smallest absolute Gasteiger partial charge is 0.255 e. The number of para-hydroxylation sites is 1. The van der Waals surface area contributed by atoms with E-state index in [4.69, 9.17) is 11.6 Å². The summed E-state index contributed by atoms with van der Waals surface area (Å²) in [6, 6.07) is 11.5. The maximum absolute atomic E-state index is 12.9. The van der Waals surface area contributed by atoms with Gasteiger partial charge in [-0.05, 0) is 55.5 Å². The van der Waals surface area contributed by atoms with Crippen LogP contribution in [0.3, 0.4) is 0 Å². The van der Waals surface area contributed by atoms with Gasteiger partial charge in [-0.3, -0.25) is 9.59 Å². The number of aryl methyl sites for hydroxylation is 2. The zero-order valence-corrected chi connectivity index (χ0v) is 19.4. The summed E-state index contributed by atoms with van der Waals surface area (Å²) in [6.45, 7) is 4.17. The van der Waals surface area contributed by atoms with Gasteiger partial charge in [-0.15, -0.1) is 0 Å². The van der Waals surface area contributed by atoms with Crippen molar-refractivity contribution in [2.45, 2.75) is 58.4 Å². The van der Waals surface area contributed by atoms with Gasteiger partial charge in [0.15, 0.2) is 0 Å². The van der Waals surface area contributed by atoms with E-state index in [2.05, 4.69) is 17.6 Å². The maximum Gasteiger partial charge on any atom is 0.255 e. The maximum atomic E-state index is 12.9. The van der Waals surface area contributed by atoms with Crippen LogP contribution in [0.25, 0.3) is 0 Å². The molecule has 0 aliphatic heterocycles. The third-order valence-electron chi connectivity index (χ3n) is 6.10. The first-order valence-corrected chi connectivity index (χ1v) is 11.5. The Labute approximate surface area is 190 Å². The van der Waals surface area contributed by atoms with Crippen molar-refractivity contribution in [3.8, 4) is 0 Å². The van der Waals surface area contributed by atoms with Crippen molar-refractivity contribution < 1.29 is 9.59 Å². The minimum Gasteiger partial charge on any atom is -0.376 e. The minimum absolute atomic E-state index is 0.0483. The third kappa shape index (κ3) is 5.79. The summed E-state index contributed by atoms with van der Waals surface area (Å²) in [6.07, 6.45) is 6.54. The molecule has 5 nitrogen and oxygen atoms in total. The number of nitrogens with one attached hydrogen (secondary N) is 2. The van der Waals surface area contributed by atoms with Gasteiger partial charge in [0.1, 0.15) is 0 Å². The molecule has 3 rings (SSSR count). The summed E-state index contributed by atoms with van der Waals surface area (Å²) in [7, 11) is 1.86. The highest BCUT2D eigenvalue weighted by Gasteiger charge is 2.24. The predicted molar refractivity (Wildman–Crippen MR) is 128 cm³/mol. The number of hydrogen-bond acceptors (Lipinski definition) is 3. The number of rotatable bonds is 7. The molecule has 1 aliphatic rings. The van der Waals surface area contributed by atoms with E-state index in [9.17, 15) is 9.59 Å². The van der Waals surface area contributed by atoms with Crippen molar-refractivity contribution >= 4 is 34.8 Å². The van der Waals surface area contributed by atoms with Gasteiger partial charge in [-0.2, -0.15) is 0 Å². The largest absolute Gasteiger partial charge is 0.376 e. The van der Waals surface area contributed by atoms with Crippen molar-refractivity contribution in [2.24, 2.45) is 0 Å². The fraction of sp³-hybridized carbons (Fsp3) is 0.440. The van der Waals surface area contributed by atoms with Crippen LogP contribution in [0, 0.1) is 6.92 Å². The van der Waals surface area contributed by atoms with Gasteiger partial charge in [0.05, 0.1) is 17.1 Å². The molecular weight excluding hydrogens is 410 g/mol. The molecule has 1 saturated carbocycles. The number of nitrogens with zero attached hydrogens (tertiary/aromatic N) is 1. The summed E-state index contributed by atoms with van der Waals surface area (Å²) in [5, 5.41) is 6.49. The van der Waals surface area contributed by atoms with E-state index < -0.39 is 0 Å². The van der Waals surface area contributed by atoms with Gasteiger partial charge in [-0.25, -0.2) is 0 Å². The van der Waals surface area contributed by atoms with Crippen LogP contribution in [-0.2, 0) is 11.2 Å². The molecule has 1 fully saturated rings. The fourth-order valence-electron chi connectivity index (χ4n) is 4.19. The SMILES string of the molecule is CCc1cccc(C)c1NC(=O)CNc1ccc(C(=O)N(C)C2CCCCC2)c(Cl)c1. The Morgan fingerprint density at radius 2 is 1.87 bits per heavy atom. The molecule has 6 heteroatoms. The van der Waals surface area contributed by atoms with Crippen LogP contribution in [-0.4, -0.2) is 36.3 Å². The van der Waals surface area contributed by atoms with Gasteiger partial charge in [0.25, 0.3) is 5.91 Å². The van der Waals surface area contributed by atoms with E-state index in [1.54, 1.807) is 18.2 Å². The number of amides is 2. The first kappa shape index (κ1) is 23.1. The molecule has 1 aliphatic carbocycles. The van der Waals surface area contributed by atoms with E-state index >= 15 is 0 Å². The Balaban J connectivity index is 1.60. The highest BCUT2D eigenvalue weighted by molar-refractivity contribution is 6.34. The van der Waals surface area contributed by atoms with Gasteiger partial charge >= 0.3 is 0 Å². The normalized spacial score (nSPS) is 14.2. The lowest BCUT2D eigenvalue weighted by Crippen LogP contribution is -2.38. The van der Waals surface area contributed by atoms with Crippen molar-refractivity contribution in [3.63, 3.8) is 0 Å². The molecule has 31 heavy (non-hydrogen) atoms. The molecule has 0 atom stereocenters. The van der Waals surface area contributed by atoms with E-state index in [0.717, 1.165) is 36.1 Å². The topological polar surface area (TPSA) is 61.4 Å². The number of hydrogen-bond donors (Lipinski definition) is 2. The molecule has 0 bridgehead atoms. The molecule has 0 aromatic heterocycles. The zero-order chi connectivity index (χ0) is 22.4. The van der Waals surface area contributed by atoms with Gasteiger partial charge in [0.2, 0.25) is 5.91 Å². The lowest BCUT2D eigenvalue weighted by atomic mass is 9.94. The van der Waals surface area contributed by atoms with Crippen LogP contribution in [0.2, 0.25) is 5.02 Å². The van der Waals surface area contributed by atoms with Crippen LogP contribution in [0.15, 0.2) is 36.4 Å². The number of anilines is 2. The molecular formula is C25H32ClN3O2. The summed E-state index contributed by atoms with van der Waals surface area (Å²) >= 11 is 6.42. The second-order valence-corrected chi connectivity index (χ2v) is 8.67. The molecule has 0 heterocycles. The van der Waals surface area contributed by atoms with E-state index in [1.165, 1.54) is 19.3 Å². The Morgan fingerprint density at radius 3 is 2.55 bits per heavy atom. The number of carbonyl (C=O) groups excluding carboxylic acids is 2. The number of carbonyl (C=O) groups is 2. The molecule has 2 N–H and O–H groups in total. The molecule has 0 spiro atoms.